The van der Waals surface area contributed by atoms with Crippen molar-refractivity contribution in [3.05, 3.63) is 12.7 Å². The number of hydrogen-bond donors (Lipinski definition) is 2. The molecule has 8 heavy (non-hydrogen) atoms. The van der Waals surface area contributed by atoms with Crippen molar-refractivity contribution in [3.63, 3.8) is 0 Å². The van der Waals surface area contributed by atoms with E-state index in [0.717, 1.165) is 6.42 Å². The highest BCUT2D eigenvalue weighted by Gasteiger charge is 1.54. The highest BCUT2D eigenvalue weighted by atomic mass is 14.6. The van der Waals surface area contributed by atoms with Gasteiger partial charge in [0.2, 0.25) is 0 Å². The molecule has 0 bridgehead atoms. The maximum Gasteiger partial charge on any atom is 0.00461 e. The van der Waals surface area contributed by atoms with Crippen LogP contribution in [0.4, 0.5) is 0 Å². The van der Waals surface area contributed by atoms with E-state index in [2.05, 4.69) is 13.5 Å². The molecule has 2 heteroatoms. The lowest BCUT2D eigenvalue weighted by Crippen LogP contribution is -2.11. The molecule has 2 nitrogen and oxygen atoms in total. The summed E-state index contributed by atoms with van der Waals surface area (Å²) in [6, 6.07) is 0. The topological polar surface area (TPSA) is 52.0 Å². The van der Waals surface area contributed by atoms with Crippen molar-refractivity contribution in [2.45, 2.75) is 13.3 Å². The lowest BCUT2D eigenvalue weighted by Gasteiger charge is -1.72. The Morgan fingerprint density at radius 3 is 1.62 bits per heavy atom. The van der Waals surface area contributed by atoms with Gasteiger partial charge in [-0.15, -0.1) is 6.58 Å². The summed E-state index contributed by atoms with van der Waals surface area (Å²) in [6.45, 7) is 6.74. The van der Waals surface area contributed by atoms with E-state index >= 15 is 0 Å². The van der Waals surface area contributed by atoms with Crippen LogP contribution in [-0.2, 0) is 0 Å². The monoisotopic (exact) mass is 116 g/mol. The first-order valence-corrected chi connectivity index (χ1v) is 2.84. The van der Waals surface area contributed by atoms with E-state index in [4.69, 9.17) is 11.5 Å². The van der Waals surface area contributed by atoms with Crippen LogP contribution in [0.1, 0.15) is 13.3 Å². The highest BCUT2D eigenvalue weighted by molar-refractivity contribution is 4.60. The van der Waals surface area contributed by atoms with E-state index in [0.29, 0.717) is 13.1 Å². The van der Waals surface area contributed by atoms with Gasteiger partial charge >= 0.3 is 0 Å². The first-order valence-electron chi connectivity index (χ1n) is 2.84. The van der Waals surface area contributed by atoms with E-state index in [9.17, 15) is 0 Å². The average Bonchev–Trinajstić information content (AvgIpc) is 1.88. The van der Waals surface area contributed by atoms with Crippen LogP contribution in [0, 0.1) is 0 Å². The fourth-order valence-corrected chi connectivity index (χ4v) is 0. The Morgan fingerprint density at radius 2 is 1.62 bits per heavy atom. The molecule has 0 saturated heterocycles. The molecule has 0 amide bonds. The van der Waals surface area contributed by atoms with E-state index < -0.39 is 0 Å². The summed E-state index contributed by atoms with van der Waals surface area (Å²) >= 11 is 0. The predicted molar refractivity (Wildman–Crippen MR) is 38.6 cm³/mol. The third-order valence-corrected chi connectivity index (χ3v) is 0.455. The van der Waals surface area contributed by atoms with Crippen molar-refractivity contribution in [2.75, 3.05) is 13.1 Å². The quantitative estimate of drug-likeness (QED) is 0.516. The van der Waals surface area contributed by atoms with Gasteiger partial charge in [0.05, 0.1) is 0 Å². The minimum Gasteiger partial charge on any atom is -0.329 e. The van der Waals surface area contributed by atoms with Gasteiger partial charge in [0, 0.05) is 13.1 Å². The third kappa shape index (κ3) is 44.6. The van der Waals surface area contributed by atoms with Crippen molar-refractivity contribution in [1.29, 1.82) is 0 Å². The van der Waals surface area contributed by atoms with Gasteiger partial charge < -0.3 is 11.5 Å². The third-order valence-electron chi connectivity index (χ3n) is 0.455. The van der Waals surface area contributed by atoms with Gasteiger partial charge in [0.25, 0.3) is 0 Å². The summed E-state index contributed by atoms with van der Waals surface area (Å²) in [7, 11) is 0. The van der Waals surface area contributed by atoms with Crippen LogP contribution in [0.3, 0.4) is 0 Å². The molecule has 0 aromatic heterocycles. The molecule has 0 aliphatic carbocycles. The zero-order valence-electron chi connectivity index (χ0n) is 5.56. The van der Waals surface area contributed by atoms with Crippen molar-refractivity contribution < 1.29 is 0 Å². The van der Waals surface area contributed by atoms with Crippen LogP contribution in [0.25, 0.3) is 0 Å². The molecule has 0 aliphatic heterocycles. The Labute approximate surface area is 51.6 Å². The maximum absolute atomic E-state index is 4.90. The summed E-state index contributed by atoms with van der Waals surface area (Å²) in [4.78, 5) is 0. The van der Waals surface area contributed by atoms with Gasteiger partial charge in [0.15, 0.2) is 0 Å². The molecule has 0 heterocycles. The van der Waals surface area contributed by atoms with Gasteiger partial charge in [-0.3, -0.25) is 0 Å². The van der Waals surface area contributed by atoms with Crippen LogP contribution in [0.5, 0.6) is 0 Å². The zero-order valence-corrected chi connectivity index (χ0v) is 5.56. The van der Waals surface area contributed by atoms with Crippen LogP contribution in [-0.4, -0.2) is 13.1 Å². The molecule has 0 unspecified atom stereocenters. The summed E-state index contributed by atoms with van der Waals surface area (Å²) in [5.41, 5.74) is 9.81. The lowest BCUT2D eigenvalue weighted by molar-refractivity contribution is 0.976. The molecule has 0 saturated carbocycles. The number of nitrogens with two attached hydrogens (primary N) is 2. The molecule has 0 fully saturated rings. The lowest BCUT2D eigenvalue weighted by atomic mass is 10.5. The zero-order chi connectivity index (χ0) is 6.83. The average molecular weight is 116 g/mol. The SMILES string of the molecule is C=CCC.NCCN. The Bertz CT molecular complexity index is 33.5. The molecular weight excluding hydrogens is 100 g/mol. The van der Waals surface area contributed by atoms with Gasteiger partial charge in [-0.25, -0.2) is 0 Å². The molecular formula is C6H16N2. The van der Waals surface area contributed by atoms with Crippen LogP contribution < -0.4 is 11.5 Å². The minimum atomic E-state index is 0.597. The Balaban J connectivity index is 0. The maximum atomic E-state index is 4.90. The molecule has 0 radical (unpaired) electrons. The van der Waals surface area contributed by atoms with Crippen LogP contribution in [0.2, 0.25) is 0 Å². The Kier molecular flexibility index (Phi) is 21.1. The van der Waals surface area contributed by atoms with Crippen LogP contribution in [0.15, 0.2) is 12.7 Å². The Hall–Kier alpha value is -0.340. The van der Waals surface area contributed by atoms with Crippen molar-refractivity contribution in [1.82, 2.24) is 0 Å². The standard InChI is InChI=1S/C4H8.C2H8N2/c1-3-4-2;3-1-2-4/h3H,1,4H2,2H3;1-4H2. The van der Waals surface area contributed by atoms with Crippen molar-refractivity contribution in [3.8, 4) is 0 Å². The molecule has 4 N–H and O–H groups in total. The van der Waals surface area contributed by atoms with Crippen molar-refractivity contribution in [2.24, 2.45) is 11.5 Å². The molecule has 0 atom stereocenters. The second kappa shape index (κ2) is 15.9. The second-order valence-corrected chi connectivity index (χ2v) is 1.27. The van der Waals surface area contributed by atoms with Gasteiger partial charge in [-0.05, 0) is 6.42 Å². The van der Waals surface area contributed by atoms with E-state index in [-0.39, 0.29) is 0 Å². The summed E-state index contributed by atoms with van der Waals surface area (Å²) in [5.74, 6) is 0. The van der Waals surface area contributed by atoms with Gasteiger partial charge in [-0.2, -0.15) is 0 Å². The van der Waals surface area contributed by atoms with E-state index in [1.807, 2.05) is 6.08 Å². The largest absolute Gasteiger partial charge is 0.329 e. The summed E-state index contributed by atoms with van der Waals surface area (Å²) in [6.07, 6.45) is 2.96. The normalized spacial score (nSPS) is 6.88. The second-order valence-electron chi connectivity index (χ2n) is 1.27. The molecule has 0 aromatic rings. The molecule has 0 aromatic carbocycles. The first-order chi connectivity index (χ1) is 3.83. The smallest absolute Gasteiger partial charge is 0.00461 e. The summed E-state index contributed by atoms with van der Waals surface area (Å²) < 4.78 is 0. The molecule has 50 valence electrons. The Morgan fingerprint density at radius 1 is 1.38 bits per heavy atom. The number of allylic oxidation sites excluding steroid dienone is 1. The van der Waals surface area contributed by atoms with Crippen LogP contribution >= 0.6 is 0 Å². The fraction of sp³-hybridized carbons (Fsp3) is 0.667. The predicted octanol–water partition coefficient (Wildman–Crippen LogP) is 0.486. The molecule has 0 rings (SSSR count). The number of rotatable bonds is 2. The summed E-state index contributed by atoms with van der Waals surface area (Å²) in [5, 5.41) is 0. The van der Waals surface area contributed by atoms with E-state index in [1.54, 1.807) is 0 Å². The minimum absolute atomic E-state index is 0.597. The van der Waals surface area contributed by atoms with E-state index in [1.165, 1.54) is 0 Å². The van der Waals surface area contributed by atoms with Gasteiger partial charge in [0.1, 0.15) is 0 Å². The van der Waals surface area contributed by atoms with Gasteiger partial charge in [-0.1, -0.05) is 13.0 Å². The number of hydrogen-bond acceptors (Lipinski definition) is 2. The molecule has 0 aliphatic rings. The highest BCUT2D eigenvalue weighted by Crippen LogP contribution is 1.66. The molecule has 0 spiro atoms. The first kappa shape index (κ1) is 10.6. The fourth-order valence-electron chi connectivity index (χ4n) is 0. The van der Waals surface area contributed by atoms with Crippen molar-refractivity contribution >= 4 is 0 Å².